The highest BCUT2D eigenvalue weighted by molar-refractivity contribution is 6.46. The van der Waals surface area contributed by atoms with E-state index in [0.29, 0.717) is 42.0 Å². The lowest BCUT2D eigenvalue weighted by atomic mass is 9.93. The molecule has 202 valence electrons. The minimum atomic E-state index is -0.874. The lowest BCUT2D eigenvalue weighted by Crippen LogP contribution is -2.32. The SMILES string of the molecule is Cc1cc(OCc2ccccc2)ccc1/C(O)=C1\C(=O)C(=O)N(CCCN(C)C)[C@H]1c1ccc([N+](=O)[O-])cc1. The summed E-state index contributed by atoms with van der Waals surface area (Å²) in [5, 5.41) is 22.6. The molecule has 3 aromatic carbocycles. The molecule has 1 fully saturated rings. The van der Waals surface area contributed by atoms with Crippen LogP contribution in [-0.4, -0.2) is 58.7 Å². The van der Waals surface area contributed by atoms with Crippen molar-refractivity contribution in [1.29, 1.82) is 0 Å². The number of carbonyl (C=O) groups excluding carboxylic acids is 2. The van der Waals surface area contributed by atoms with E-state index in [-0.39, 0.29) is 23.6 Å². The fraction of sp³-hybridized carbons (Fsp3) is 0.267. The van der Waals surface area contributed by atoms with E-state index in [9.17, 15) is 24.8 Å². The number of nitro benzene ring substituents is 1. The number of non-ortho nitro benzene ring substituents is 1. The van der Waals surface area contributed by atoms with Crippen LogP contribution in [0.5, 0.6) is 5.75 Å². The Bertz CT molecular complexity index is 1400. The number of amides is 1. The first-order chi connectivity index (χ1) is 18.7. The Morgan fingerprint density at radius 3 is 2.36 bits per heavy atom. The second kappa shape index (κ2) is 11.9. The van der Waals surface area contributed by atoms with Crippen LogP contribution < -0.4 is 4.74 Å². The molecule has 1 heterocycles. The number of hydrogen-bond acceptors (Lipinski definition) is 7. The summed E-state index contributed by atoms with van der Waals surface area (Å²) in [6, 6.07) is 19.7. The Kier molecular flexibility index (Phi) is 8.41. The first-order valence-electron chi connectivity index (χ1n) is 12.6. The first kappa shape index (κ1) is 27.5. The number of nitrogens with zero attached hydrogens (tertiary/aromatic N) is 3. The summed E-state index contributed by atoms with van der Waals surface area (Å²) in [5.74, 6) is -1.19. The van der Waals surface area contributed by atoms with Gasteiger partial charge in [-0.1, -0.05) is 30.3 Å². The average Bonchev–Trinajstić information content (AvgIpc) is 3.17. The van der Waals surface area contributed by atoms with Gasteiger partial charge in [0.05, 0.1) is 16.5 Å². The molecule has 3 aromatic rings. The summed E-state index contributed by atoms with van der Waals surface area (Å²) in [5.41, 5.74) is 2.44. The van der Waals surface area contributed by atoms with Crippen molar-refractivity contribution in [2.45, 2.75) is 26.0 Å². The maximum absolute atomic E-state index is 13.3. The topological polar surface area (TPSA) is 113 Å². The van der Waals surface area contributed by atoms with Crippen molar-refractivity contribution in [3.05, 3.63) is 111 Å². The number of rotatable bonds is 10. The number of hydrogen-bond donors (Lipinski definition) is 1. The lowest BCUT2D eigenvalue weighted by molar-refractivity contribution is -0.384. The second-order valence-corrected chi connectivity index (χ2v) is 9.75. The molecule has 1 aliphatic heterocycles. The van der Waals surface area contributed by atoms with Gasteiger partial charge in [0.15, 0.2) is 0 Å². The van der Waals surface area contributed by atoms with Gasteiger partial charge in [-0.15, -0.1) is 0 Å². The summed E-state index contributed by atoms with van der Waals surface area (Å²) in [4.78, 5) is 40.5. The first-order valence-corrected chi connectivity index (χ1v) is 12.6. The molecule has 1 saturated heterocycles. The van der Waals surface area contributed by atoms with Crippen LogP contribution in [0.15, 0.2) is 78.4 Å². The predicted octanol–water partition coefficient (Wildman–Crippen LogP) is 4.86. The quantitative estimate of drug-likeness (QED) is 0.131. The zero-order valence-corrected chi connectivity index (χ0v) is 22.2. The molecule has 4 rings (SSSR count). The van der Waals surface area contributed by atoms with Gasteiger partial charge in [0.2, 0.25) is 0 Å². The fourth-order valence-corrected chi connectivity index (χ4v) is 4.67. The molecule has 0 spiro atoms. The number of ether oxygens (including phenoxy) is 1. The molecule has 1 amide bonds. The van der Waals surface area contributed by atoms with Crippen molar-refractivity contribution in [3.8, 4) is 5.75 Å². The molecule has 0 unspecified atom stereocenters. The molecule has 39 heavy (non-hydrogen) atoms. The lowest BCUT2D eigenvalue weighted by Gasteiger charge is -2.26. The number of aliphatic hydroxyl groups is 1. The van der Waals surface area contributed by atoms with E-state index in [1.807, 2.05) is 49.3 Å². The maximum atomic E-state index is 13.3. The number of carbonyl (C=O) groups is 2. The second-order valence-electron chi connectivity index (χ2n) is 9.75. The van der Waals surface area contributed by atoms with Gasteiger partial charge in [0.1, 0.15) is 18.1 Å². The zero-order chi connectivity index (χ0) is 28.1. The Morgan fingerprint density at radius 1 is 1.05 bits per heavy atom. The minimum absolute atomic E-state index is 0.0419. The number of nitro groups is 1. The minimum Gasteiger partial charge on any atom is -0.507 e. The van der Waals surface area contributed by atoms with Gasteiger partial charge < -0.3 is 19.6 Å². The van der Waals surface area contributed by atoms with Gasteiger partial charge in [-0.05, 0) is 81.0 Å². The number of aliphatic hydroxyl groups excluding tert-OH is 1. The third kappa shape index (κ3) is 6.15. The molecule has 9 nitrogen and oxygen atoms in total. The highest BCUT2D eigenvalue weighted by Crippen LogP contribution is 2.40. The summed E-state index contributed by atoms with van der Waals surface area (Å²) in [7, 11) is 3.83. The van der Waals surface area contributed by atoms with E-state index in [1.54, 1.807) is 25.1 Å². The molecule has 9 heteroatoms. The number of likely N-dealkylation sites (tertiary alicyclic amines) is 1. The van der Waals surface area contributed by atoms with Crippen LogP contribution in [0.1, 0.15) is 34.7 Å². The van der Waals surface area contributed by atoms with Crippen molar-refractivity contribution in [3.63, 3.8) is 0 Å². The average molecular weight is 530 g/mol. The van der Waals surface area contributed by atoms with Crippen molar-refractivity contribution >= 4 is 23.1 Å². The van der Waals surface area contributed by atoms with Crippen molar-refractivity contribution in [2.24, 2.45) is 0 Å². The highest BCUT2D eigenvalue weighted by atomic mass is 16.6. The summed E-state index contributed by atoms with van der Waals surface area (Å²) in [6.07, 6.45) is 0.607. The van der Waals surface area contributed by atoms with Gasteiger partial charge in [0.25, 0.3) is 17.4 Å². The Labute approximate surface area is 227 Å². The van der Waals surface area contributed by atoms with Gasteiger partial charge in [-0.3, -0.25) is 19.7 Å². The van der Waals surface area contributed by atoms with Gasteiger partial charge in [-0.2, -0.15) is 0 Å². The standard InChI is InChI=1S/C30H31N3O6/c1-20-18-24(39-19-21-8-5-4-6-9-21)14-15-25(20)28(34)26-27(22-10-12-23(13-11-22)33(37)38)32(30(36)29(26)35)17-7-16-31(2)3/h4-6,8-15,18,27,34H,7,16-17,19H2,1-3H3/b28-26+/t27-/m0/s1. The zero-order valence-electron chi connectivity index (χ0n) is 22.2. The van der Waals surface area contributed by atoms with Crippen LogP contribution in [0, 0.1) is 17.0 Å². The Balaban J connectivity index is 1.70. The summed E-state index contributed by atoms with van der Waals surface area (Å²) < 4.78 is 5.89. The van der Waals surface area contributed by atoms with Crippen LogP contribution >= 0.6 is 0 Å². The number of aryl methyl sites for hydroxylation is 1. The molecule has 0 radical (unpaired) electrons. The van der Waals surface area contributed by atoms with Crippen molar-refractivity contribution in [2.75, 3.05) is 27.2 Å². The van der Waals surface area contributed by atoms with E-state index in [4.69, 9.17) is 4.74 Å². The predicted molar refractivity (Wildman–Crippen MR) is 147 cm³/mol. The van der Waals surface area contributed by atoms with Crippen LogP contribution in [0.2, 0.25) is 0 Å². The van der Waals surface area contributed by atoms with E-state index in [0.717, 1.165) is 5.56 Å². The van der Waals surface area contributed by atoms with Gasteiger partial charge in [0, 0.05) is 24.2 Å². The highest BCUT2D eigenvalue weighted by Gasteiger charge is 2.46. The third-order valence-corrected chi connectivity index (χ3v) is 6.67. The van der Waals surface area contributed by atoms with E-state index in [2.05, 4.69) is 0 Å². The Hall–Kier alpha value is -4.50. The fourth-order valence-electron chi connectivity index (χ4n) is 4.67. The van der Waals surface area contributed by atoms with Gasteiger partial charge in [-0.25, -0.2) is 0 Å². The summed E-state index contributed by atoms with van der Waals surface area (Å²) >= 11 is 0. The molecule has 1 atom stereocenters. The third-order valence-electron chi connectivity index (χ3n) is 6.67. The van der Waals surface area contributed by atoms with Crippen LogP contribution in [-0.2, 0) is 16.2 Å². The molecular formula is C30H31N3O6. The molecule has 0 aliphatic carbocycles. The molecule has 0 saturated carbocycles. The largest absolute Gasteiger partial charge is 0.507 e. The number of ketones is 1. The molecule has 0 bridgehead atoms. The van der Waals surface area contributed by atoms with E-state index in [1.165, 1.54) is 29.2 Å². The van der Waals surface area contributed by atoms with Crippen LogP contribution in [0.3, 0.4) is 0 Å². The molecule has 1 N–H and O–H groups in total. The van der Waals surface area contributed by atoms with Crippen molar-refractivity contribution in [1.82, 2.24) is 9.80 Å². The molecule has 0 aromatic heterocycles. The van der Waals surface area contributed by atoms with Crippen LogP contribution in [0.25, 0.3) is 5.76 Å². The monoisotopic (exact) mass is 529 g/mol. The van der Waals surface area contributed by atoms with Crippen molar-refractivity contribution < 1.29 is 24.4 Å². The molecule has 1 aliphatic rings. The maximum Gasteiger partial charge on any atom is 0.295 e. The van der Waals surface area contributed by atoms with Crippen LogP contribution in [0.4, 0.5) is 5.69 Å². The number of Topliss-reactive ketones (excluding diaryl/α,β-unsaturated/α-hetero) is 1. The van der Waals surface area contributed by atoms with E-state index < -0.39 is 22.7 Å². The van der Waals surface area contributed by atoms with Gasteiger partial charge >= 0.3 is 0 Å². The Morgan fingerprint density at radius 2 is 1.74 bits per heavy atom. The van der Waals surface area contributed by atoms with E-state index >= 15 is 0 Å². The normalized spacial score (nSPS) is 16.6. The smallest absolute Gasteiger partial charge is 0.295 e. The summed E-state index contributed by atoms with van der Waals surface area (Å²) in [6.45, 7) is 3.15. The molecular weight excluding hydrogens is 498 g/mol. The number of benzene rings is 3.